The molecule has 0 spiro atoms. The summed E-state index contributed by atoms with van der Waals surface area (Å²) >= 11 is 1.27. The first-order chi connectivity index (χ1) is 20.5. The number of Topliss-reactive ketones (excluding diaryl/α,β-unsaturated/α-hetero) is 1. The zero-order valence-corrected chi connectivity index (χ0v) is 26.4. The van der Waals surface area contributed by atoms with Crippen LogP contribution in [-0.2, 0) is 26.4 Å². The molecule has 5 rings (SSSR count). The Labute approximate surface area is 254 Å². The zero-order valence-electron chi connectivity index (χ0n) is 25.5. The van der Waals surface area contributed by atoms with E-state index in [-0.39, 0.29) is 30.8 Å². The van der Waals surface area contributed by atoms with Gasteiger partial charge in [-0.1, -0.05) is 32.0 Å². The minimum Gasteiger partial charge on any atom is -0.496 e. The zero-order chi connectivity index (χ0) is 30.9. The van der Waals surface area contributed by atoms with Crippen LogP contribution in [0.2, 0.25) is 0 Å². The van der Waals surface area contributed by atoms with Crippen molar-refractivity contribution in [1.82, 2.24) is 14.1 Å². The number of aryl methyl sites for hydroxylation is 1. The molecule has 1 fully saturated rings. The van der Waals surface area contributed by atoms with Crippen molar-refractivity contribution in [2.24, 2.45) is 5.92 Å². The van der Waals surface area contributed by atoms with E-state index in [4.69, 9.17) is 18.6 Å². The normalized spacial score (nSPS) is 15.3. The lowest BCUT2D eigenvalue weighted by molar-refractivity contribution is -0.127. The van der Waals surface area contributed by atoms with Crippen molar-refractivity contribution in [3.05, 3.63) is 68.7 Å². The van der Waals surface area contributed by atoms with Crippen molar-refractivity contribution in [3.63, 3.8) is 0 Å². The fourth-order valence-corrected chi connectivity index (χ4v) is 6.88. The second-order valence-corrected chi connectivity index (χ2v) is 12.9. The van der Waals surface area contributed by atoms with Gasteiger partial charge in [-0.25, -0.2) is 14.3 Å². The first-order valence-electron chi connectivity index (χ1n) is 14.6. The molecule has 0 radical (unpaired) electrons. The summed E-state index contributed by atoms with van der Waals surface area (Å²) in [5.41, 5.74) is -1.04. The quantitative estimate of drug-likeness (QED) is 0.220. The number of carbonyl (C=O) groups is 1. The molecule has 1 aliphatic rings. The van der Waals surface area contributed by atoms with E-state index in [0.717, 1.165) is 23.0 Å². The summed E-state index contributed by atoms with van der Waals surface area (Å²) in [6.45, 7) is 10.3. The largest absolute Gasteiger partial charge is 0.496 e. The number of ether oxygens (including phenoxy) is 3. The summed E-state index contributed by atoms with van der Waals surface area (Å²) in [6, 6.07) is 7.57. The molecular formula is C32H39N3O7S. The molecule has 10 nitrogen and oxygen atoms in total. The number of hydrogen-bond acceptors (Lipinski definition) is 9. The van der Waals surface area contributed by atoms with E-state index in [1.165, 1.54) is 23.8 Å². The third-order valence-electron chi connectivity index (χ3n) is 8.03. The van der Waals surface area contributed by atoms with Gasteiger partial charge in [0, 0.05) is 25.2 Å². The number of thiophene rings is 1. The van der Waals surface area contributed by atoms with E-state index in [0.29, 0.717) is 45.5 Å². The average Bonchev–Trinajstić information content (AvgIpc) is 3.63. The van der Waals surface area contributed by atoms with Gasteiger partial charge in [0.25, 0.3) is 5.56 Å². The van der Waals surface area contributed by atoms with E-state index in [1.54, 1.807) is 25.5 Å². The number of oxazole rings is 1. The van der Waals surface area contributed by atoms with Crippen molar-refractivity contribution in [2.75, 3.05) is 20.3 Å². The van der Waals surface area contributed by atoms with Crippen LogP contribution in [0.25, 0.3) is 21.0 Å². The maximum absolute atomic E-state index is 14.5. The lowest BCUT2D eigenvalue weighted by Gasteiger charge is -2.30. The van der Waals surface area contributed by atoms with E-state index >= 15 is 0 Å². The molecule has 1 aromatic carbocycles. The Morgan fingerprint density at radius 1 is 1.19 bits per heavy atom. The van der Waals surface area contributed by atoms with Crippen LogP contribution in [0.15, 0.2) is 50.7 Å². The molecule has 4 aromatic rings. The van der Waals surface area contributed by atoms with E-state index in [9.17, 15) is 14.4 Å². The maximum Gasteiger partial charge on any atom is 0.333 e. The van der Waals surface area contributed by atoms with Crippen molar-refractivity contribution >= 4 is 27.3 Å². The molecule has 230 valence electrons. The van der Waals surface area contributed by atoms with Gasteiger partial charge in [-0.15, -0.1) is 11.3 Å². The average molecular weight is 610 g/mol. The van der Waals surface area contributed by atoms with Crippen molar-refractivity contribution in [1.29, 1.82) is 0 Å². The summed E-state index contributed by atoms with van der Waals surface area (Å²) in [6.07, 6.45) is 4.01. The second kappa shape index (κ2) is 12.6. The van der Waals surface area contributed by atoms with Gasteiger partial charge in [0.15, 0.2) is 5.78 Å². The molecule has 0 saturated carbocycles. The van der Waals surface area contributed by atoms with Crippen LogP contribution in [0.1, 0.15) is 64.2 Å². The Hall–Kier alpha value is -3.54. The highest BCUT2D eigenvalue weighted by atomic mass is 32.1. The Bertz CT molecular complexity index is 1710. The van der Waals surface area contributed by atoms with Gasteiger partial charge in [-0.2, -0.15) is 0 Å². The molecule has 0 aliphatic carbocycles. The Morgan fingerprint density at radius 2 is 1.91 bits per heavy atom. The Kier molecular flexibility index (Phi) is 9.05. The number of nitrogens with zero attached hydrogens (tertiary/aromatic N) is 3. The van der Waals surface area contributed by atoms with Crippen LogP contribution in [-0.4, -0.2) is 46.3 Å². The highest BCUT2D eigenvalue weighted by molar-refractivity contribution is 7.22. The predicted molar refractivity (Wildman–Crippen MR) is 165 cm³/mol. The highest BCUT2D eigenvalue weighted by Crippen LogP contribution is 2.38. The van der Waals surface area contributed by atoms with Crippen LogP contribution >= 0.6 is 11.3 Å². The summed E-state index contributed by atoms with van der Waals surface area (Å²) < 4.78 is 26.2. The fourth-order valence-electron chi connectivity index (χ4n) is 5.64. The summed E-state index contributed by atoms with van der Waals surface area (Å²) in [4.78, 5) is 47.6. The van der Waals surface area contributed by atoms with Crippen molar-refractivity contribution in [2.45, 2.75) is 78.2 Å². The van der Waals surface area contributed by atoms with Crippen LogP contribution in [0, 0.1) is 12.8 Å². The number of rotatable bonds is 11. The van der Waals surface area contributed by atoms with E-state index in [1.807, 2.05) is 45.0 Å². The SMILES string of the molecule is COc1ccccc1[C@H](Cn1c(=O)n(C(C)(C)C(=O)CC(C)C)c(=O)c2c(C)c(-c3ncco3)sc21)OC1CCOCC1. The van der Waals surface area contributed by atoms with Crippen molar-refractivity contribution < 1.29 is 23.4 Å². The highest BCUT2D eigenvalue weighted by Gasteiger charge is 2.36. The Balaban J connectivity index is 1.75. The van der Waals surface area contributed by atoms with E-state index < -0.39 is 22.9 Å². The molecule has 11 heteroatoms. The van der Waals surface area contributed by atoms with Crippen LogP contribution in [0.4, 0.5) is 0 Å². The standard InChI is InChI=1S/C32H39N3O7S/c1-19(2)17-25(36)32(4,5)35-29(37)26-20(3)27(28-33-13-16-41-28)43-30(26)34(31(35)38)18-24(42-21-11-14-40-15-12-21)22-9-7-8-10-23(22)39-6/h7-10,13,16,19,21,24H,11-12,14-15,17-18H2,1-6H3/t24-/m0/s1. The molecule has 0 N–H and O–H groups in total. The molecule has 0 unspecified atom stereocenters. The topological polar surface area (TPSA) is 115 Å². The van der Waals surface area contributed by atoms with Gasteiger partial charge in [0.1, 0.15) is 28.5 Å². The summed E-state index contributed by atoms with van der Waals surface area (Å²) in [7, 11) is 1.60. The van der Waals surface area contributed by atoms with Gasteiger partial charge in [-0.05, 0) is 51.2 Å². The fraction of sp³-hybridized carbons (Fsp3) is 0.500. The number of aromatic nitrogens is 3. The third kappa shape index (κ3) is 5.98. The first-order valence-corrected chi connectivity index (χ1v) is 15.4. The van der Waals surface area contributed by atoms with Gasteiger partial charge < -0.3 is 18.6 Å². The minimum atomic E-state index is -1.38. The number of methoxy groups -OCH3 is 1. The number of ketones is 1. The van der Waals surface area contributed by atoms with Gasteiger partial charge >= 0.3 is 5.69 Å². The summed E-state index contributed by atoms with van der Waals surface area (Å²) in [5, 5.41) is 0.355. The molecular weight excluding hydrogens is 570 g/mol. The van der Waals surface area contributed by atoms with Gasteiger partial charge in [0.2, 0.25) is 5.89 Å². The maximum atomic E-state index is 14.5. The molecule has 0 bridgehead atoms. The number of benzene rings is 1. The number of carbonyl (C=O) groups excluding carboxylic acids is 1. The molecule has 0 amide bonds. The third-order valence-corrected chi connectivity index (χ3v) is 9.34. The molecule has 1 saturated heterocycles. The number of fused-ring (bicyclic) bond motifs is 1. The smallest absolute Gasteiger partial charge is 0.333 e. The minimum absolute atomic E-state index is 0.0655. The molecule has 1 aliphatic heterocycles. The van der Waals surface area contributed by atoms with Crippen LogP contribution in [0.3, 0.4) is 0 Å². The Morgan fingerprint density at radius 3 is 2.56 bits per heavy atom. The van der Waals surface area contributed by atoms with Gasteiger partial charge in [0.05, 0.1) is 36.2 Å². The van der Waals surface area contributed by atoms with Crippen molar-refractivity contribution in [3.8, 4) is 16.5 Å². The lowest BCUT2D eigenvalue weighted by atomic mass is 9.91. The second-order valence-electron chi connectivity index (χ2n) is 11.9. The molecule has 4 heterocycles. The van der Waals surface area contributed by atoms with Crippen LogP contribution in [0.5, 0.6) is 5.75 Å². The molecule has 1 atom stereocenters. The first kappa shape index (κ1) is 30.9. The molecule has 43 heavy (non-hydrogen) atoms. The summed E-state index contributed by atoms with van der Waals surface area (Å²) in [5.74, 6) is 0.870. The van der Waals surface area contributed by atoms with Gasteiger partial charge in [-0.3, -0.25) is 14.2 Å². The van der Waals surface area contributed by atoms with E-state index in [2.05, 4.69) is 4.98 Å². The molecule has 3 aromatic heterocycles. The number of hydrogen-bond donors (Lipinski definition) is 0. The van der Waals surface area contributed by atoms with Crippen LogP contribution < -0.4 is 16.0 Å². The number of para-hydroxylation sites is 1. The predicted octanol–water partition coefficient (Wildman–Crippen LogP) is 5.48. The lowest BCUT2D eigenvalue weighted by Crippen LogP contribution is -2.53. The monoisotopic (exact) mass is 609 g/mol.